The summed E-state index contributed by atoms with van der Waals surface area (Å²) in [6, 6.07) is 17.2. The molecule has 0 saturated carbocycles. The van der Waals surface area contributed by atoms with Crippen molar-refractivity contribution in [1.29, 1.82) is 0 Å². The fourth-order valence-electron chi connectivity index (χ4n) is 6.00. The summed E-state index contributed by atoms with van der Waals surface area (Å²) in [5.41, 5.74) is 8.81. The van der Waals surface area contributed by atoms with Crippen LogP contribution in [-0.4, -0.2) is 38.9 Å². The summed E-state index contributed by atoms with van der Waals surface area (Å²) in [7, 11) is -1.05. The summed E-state index contributed by atoms with van der Waals surface area (Å²) >= 11 is 0. The second kappa shape index (κ2) is 12.0. The van der Waals surface area contributed by atoms with E-state index in [-0.39, 0.29) is 17.4 Å². The zero-order valence-electron chi connectivity index (χ0n) is 24.1. The fourth-order valence-corrected chi connectivity index (χ4v) is 6.47. The summed E-state index contributed by atoms with van der Waals surface area (Å²) in [4.78, 5) is 11.9. The Balaban J connectivity index is 1.65. The Hall–Kier alpha value is -2.47. The van der Waals surface area contributed by atoms with Gasteiger partial charge in [0, 0.05) is 49.6 Å². The molecule has 0 spiro atoms. The third kappa shape index (κ3) is 6.01. The Morgan fingerprint density at radius 1 is 0.923 bits per heavy atom. The molecule has 2 aromatic rings. The Morgan fingerprint density at radius 3 is 2.33 bits per heavy atom. The number of benzene rings is 2. The van der Waals surface area contributed by atoms with Crippen molar-refractivity contribution in [3.8, 4) is 0 Å². The molecule has 1 aliphatic carbocycles. The van der Waals surface area contributed by atoms with E-state index in [9.17, 15) is 9.46 Å². The van der Waals surface area contributed by atoms with Crippen LogP contribution >= 0.6 is 7.82 Å². The molecule has 1 N–H and O–H groups in total. The highest BCUT2D eigenvalue weighted by Gasteiger charge is 2.40. The summed E-state index contributed by atoms with van der Waals surface area (Å²) in [6.45, 7) is 10.7. The molecule has 7 heteroatoms. The number of anilines is 1. The molecule has 0 fully saturated rings. The Morgan fingerprint density at radius 2 is 1.62 bits per heavy atom. The molecular weight excluding hydrogens is 509 g/mol. The summed E-state index contributed by atoms with van der Waals surface area (Å²) in [6.07, 6.45) is 9.25. The van der Waals surface area contributed by atoms with Crippen LogP contribution in [0.4, 0.5) is 5.69 Å². The number of para-hydroxylation sites is 1. The topological polar surface area (TPSA) is 68.2 Å². The normalized spacial score (nSPS) is 20.1. The maximum Gasteiger partial charge on any atom is 0.471 e. The molecule has 0 saturated heterocycles. The maximum absolute atomic E-state index is 11.7. The number of phosphoric acid groups is 1. The zero-order valence-corrected chi connectivity index (χ0v) is 25.0. The number of allylic oxidation sites excluding steroid dienone is 6. The van der Waals surface area contributed by atoms with Gasteiger partial charge in [-0.25, -0.2) is 4.57 Å². The van der Waals surface area contributed by atoms with Gasteiger partial charge in [0.15, 0.2) is 0 Å². The van der Waals surface area contributed by atoms with Crippen molar-refractivity contribution in [3.63, 3.8) is 0 Å². The first-order chi connectivity index (χ1) is 18.5. The van der Waals surface area contributed by atoms with E-state index in [1.807, 2.05) is 0 Å². The molecule has 1 heterocycles. The van der Waals surface area contributed by atoms with Crippen molar-refractivity contribution in [2.45, 2.75) is 57.8 Å². The standard InChI is InChI=1S/C32H42NO5P/c1-31(2)26-16-8-7-14-24(26)25(15-12-22-36-5)27(31)18-11-20-30-32(3,4)28-17-9-10-19-29(28)33(30)21-13-23-38-39(34,35)37-6/h7-11,14,16-20H,12-13,15,21-23H2,1-6H3,(H,34,35)/b18-11+,30-20+. The van der Waals surface area contributed by atoms with Gasteiger partial charge >= 0.3 is 7.82 Å². The highest BCUT2D eigenvalue weighted by Crippen LogP contribution is 2.50. The van der Waals surface area contributed by atoms with Gasteiger partial charge in [-0.2, -0.15) is 0 Å². The van der Waals surface area contributed by atoms with E-state index < -0.39 is 7.82 Å². The van der Waals surface area contributed by atoms with E-state index in [0.717, 1.165) is 25.1 Å². The van der Waals surface area contributed by atoms with Crippen molar-refractivity contribution in [2.24, 2.45) is 0 Å². The van der Waals surface area contributed by atoms with Gasteiger partial charge in [-0.15, -0.1) is 0 Å². The minimum absolute atomic E-state index is 0.0846. The van der Waals surface area contributed by atoms with E-state index in [4.69, 9.17) is 9.26 Å². The molecule has 4 rings (SSSR count). The van der Waals surface area contributed by atoms with Crippen LogP contribution in [0.1, 0.15) is 63.6 Å². The number of ether oxygens (including phenoxy) is 1. The van der Waals surface area contributed by atoms with E-state index in [0.29, 0.717) is 13.0 Å². The fraction of sp³-hybridized carbons (Fsp3) is 0.438. The average Bonchev–Trinajstić information content (AvgIpc) is 3.26. The van der Waals surface area contributed by atoms with Gasteiger partial charge in [-0.1, -0.05) is 82.3 Å². The first-order valence-corrected chi connectivity index (χ1v) is 15.2. The third-order valence-corrected chi connectivity index (χ3v) is 9.00. The molecule has 0 amide bonds. The Bertz CT molecular complexity index is 1320. The smallest absolute Gasteiger partial charge is 0.385 e. The molecule has 1 aliphatic heterocycles. The van der Waals surface area contributed by atoms with Crippen molar-refractivity contribution in [3.05, 3.63) is 94.7 Å². The zero-order chi connectivity index (χ0) is 28.3. The van der Waals surface area contributed by atoms with Gasteiger partial charge in [-0.3, -0.25) is 9.05 Å². The first kappa shape index (κ1) is 29.5. The number of nitrogens with zero attached hydrogens (tertiary/aromatic N) is 1. The van der Waals surface area contributed by atoms with Gasteiger partial charge in [0.2, 0.25) is 0 Å². The molecule has 2 aromatic carbocycles. The van der Waals surface area contributed by atoms with Crippen molar-refractivity contribution in [2.75, 3.05) is 38.9 Å². The minimum atomic E-state index is -3.98. The number of rotatable bonds is 12. The molecule has 0 radical (unpaired) electrons. The van der Waals surface area contributed by atoms with Crippen molar-refractivity contribution >= 4 is 19.1 Å². The van der Waals surface area contributed by atoms with Crippen LogP contribution in [0.2, 0.25) is 0 Å². The predicted octanol–water partition coefficient (Wildman–Crippen LogP) is 7.55. The quantitative estimate of drug-likeness (QED) is 0.217. The number of methoxy groups -OCH3 is 1. The third-order valence-electron chi connectivity index (χ3n) is 8.03. The van der Waals surface area contributed by atoms with Crippen LogP contribution in [0.5, 0.6) is 0 Å². The summed E-state index contributed by atoms with van der Waals surface area (Å²) < 4.78 is 26.7. The second-order valence-corrected chi connectivity index (χ2v) is 12.8. The highest BCUT2D eigenvalue weighted by molar-refractivity contribution is 7.47. The lowest BCUT2D eigenvalue weighted by Crippen LogP contribution is -2.27. The van der Waals surface area contributed by atoms with Crippen LogP contribution in [0.15, 0.2) is 78.0 Å². The maximum atomic E-state index is 11.7. The molecule has 1 atom stereocenters. The Labute approximate surface area is 233 Å². The summed E-state index contributed by atoms with van der Waals surface area (Å²) in [5, 5.41) is 0. The summed E-state index contributed by atoms with van der Waals surface area (Å²) in [5.74, 6) is 0. The first-order valence-electron chi connectivity index (χ1n) is 13.7. The van der Waals surface area contributed by atoms with Crippen molar-refractivity contribution < 1.29 is 23.2 Å². The monoisotopic (exact) mass is 551 g/mol. The van der Waals surface area contributed by atoms with Gasteiger partial charge in [-0.05, 0) is 59.2 Å². The van der Waals surface area contributed by atoms with Crippen LogP contribution in [0.3, 0.4) is 0 Å². The second-order valence-electron chi connectivity index (χ2n) is 11.2. The lowest BCUT2D eigenvalue weighted by Gasteiger charge is -2.27. The average molecular weight is 552 g/mol. The van der Waals surface area contributed by atoms with E-state index in [2.05, 4.69) is 104 Å². The number of fused-ring (bicyclic) bond motifs is 2. The van der Waals surface area contributed by atoms with Crippen LogP contribution in [0.25, 0.3) is 5.57 Å². The molecule has 0 bridgehead atoms. The molecule has 210 valence electrons. The van der Waals surface area contributed by atoms with E-state index in [1.54, 1.807) is 7.11 Å². The molecule has 0 aromatic heterocycles. The van der Waals surface area contributed by atoms with E-state index >= 15 is 0 Å². The Kier molecular flexibility index (Phi) is 9.05. The number of hydrogen-bond acceptors (Lipinski definition) is 5. The van der Waals surface area contributed by atoms with E-state index in [1.165, 1.54) is 40.6 Å². The van der Waals surface area contributed by atoms with Gasteiger partial charge in [0.05, 0.1) is 6.61 Å². The molecule has 1 unspecified atom stereocenters. The SMILES string of the molecule is COCCCC1=C(/C=C/C=C2/N(CCCOP(=O)(O)OC)c3ccccc3C2(C)C)C(C)(C)c2ccccc21. The van der Waals surface area contributed by atoms with Crippen molar-refractivity contribution in [1.82, 2.24) is 0 Å². The van der Waals surface area contributed by atoms with Crippen LogP contribution in [-0.2, 0) is 29.2 Å². The van der Waals surface area contributed by atoms with Gasteiger partial charge in [0.1, 0.15) is 0 Å². The largest absolute Gasteiger partial charge is 0.471 e. The van der Waals surface area contributed by atoms with Crippen LogP contribution in [0, 0.1) is 0 Å². The van der Waals surface area contributed by atoms with Gasteiger partial charge in [0.25, 0.3) is 0 Å². The molecule has 6 nitrogen and oxygen atoms in total. The molecule has 39 heavy (non-hydrogen) atoms. The number of phosphoric ester groups is 1. The molecular formula is C32H42NO5P. The number of hydrogen-bond donors (Lipinski definition) is 1. The van der Waals surface area contributed by atoms with Gasteiger partial charge < -0.3 is 14.5 Å². The van der Waals surface area contributed by atoms with Crippen LogP contribution < -0.4 is 4.90 Å². The lowest BCUT2D eigenvalue weighted by atomic mass is 9.80. The minimum Gasteiger partial charge on any atom is -0.385 e. The highest BCUT2D eigenvalue weighted by atomic mass is 31.2. The lowest BCUT2D eigenvalue weighted by molar-refractivity contribution is 0.172. The predicted molar refractivity (Wildman–Crippen MR) is 159 cm³/mol. The molecule has 2 aliphatic rings.